The van der Waals surface area contributed by atoms with Crippen molar-refractivity contribution in [3.05, 3.63) is 0 Å². The maximum absolute atomic E-state index is 5.14. The lowest BCUT2D eigenvalue weighted by molar-refractivity contribution is 0.116. The molecule has 0 saturated heterocycles. The average molecular weight is 205 g/mol. The van der Waals surface area contributed by atoms with Crippen LogP contribution in [-0.4, -0.2) is 19.8 Å². The molecule has 0 bridgehead atoms. The van der Waals surface area contributed by atoms with Gasteiger partial charge in [-0.2, -0.15) is 0 Å². The highest BCUT2D eigenvalue weighted by Gasteiger charge is 2.23. The van der Waals surface area contributed by atoms with Crippen molar-refractivity contribution >= 4 is 12.8 Å². The van der Waals surface area contributed by atoms with Crippen molar-refractivity contribution in [3.63, 3.8) is 0 Å². The molecule has 0 aromatic heterocycles. The van der Waals surface area contributed by atoms with Crippen molar-refractivity contribution in [1.82, 2.24) is 4.72 Å². The molecular weight excluding hydrogens is 182 g/mol. The first kappa shape index (κ1) is 13.3. The van der Waals surface area contributed by atoms with Crippen LogP contribution < -0.4 is 4.72 Å². The maximum atomic E-state index is 5.14. The third-order valence-corrected chi connectivity index (χ3v) is 2.79. The molecule has 2 nitrogen and oxygen atoms in total. The third kappa shape index (κ3) is 4.89. The second kappa shape index (κ2) is 8.85. The molecule has 2 atom stereocenters. The molecule has 1 rings (SSSR count). The van der Waals surface area contributed by atoms with E-state index in [0.29, 0.717) is 12.0 Å². The highest BCUT2D eigenvalue weighted by atomic mass is 32.1. The molecular formula is C10H23NOS. The van der Waals surface area contributed by atoms with E-state index in [1.807, 2.05) is 13.8 Å². The molecule has 0 aromatic rings. The van der Waals surface area contributed by atoms with Gasteiger partial charge in [-0.3, -0.25) is 4.72 Å². The monoisotopic (exact) mass is 205 g/mol. The summed E-state index contributed by atoms with van der Waals surface area (Å²) in [7, 11) is 1.77. The van der Waals surface area contributed by atoms with Crippen LogP contribution in [0.15, 0.2) is 0 Å². The first-order valence-corrected chi connectivity index (χ1v) is 5.71. The van der Waals surface area contributed by atoms with Crippen molar-refractivity contribution in [3.8, 4) is 0 Å². The Kier molecular flexibility index (Phi) is 9.03. The summed E-state index contributed by atoms with van der Waals surface area (Å²) in [6.07, 6.45) is 5.21. The number of methoxy groups -OCH3 is 1. The molecule has 0 amide bonds. The van der Waals surface area contributed by atoms with Gasteiger partial charge in [0.2, 0.25) is 0 Å². The number of rotatable bonds is 3. The van der Waals surface area contributed by atoms with Gasteiger partial charge in [-0.05, 0) is 18.8 Å². The molecule has 0 spiro atoms. The second-order valence-corrected chi connectivity index (χ2v) is 3.49. The minimum atomic E-state index is 0.562. The number of ether oxygens (including phenoxy) is 1. The zero-order valence-corrected chi connectivity index (χ0v) is 9.94. The lowest BCUT2D eigenvalue weighted by Gasteiger charge is -2.29. The topological polar surface area (TPSA) is 21.3 Å². The fourth-order valence-electron chi connectivity index (χ4n) is 1.79. The molecule has 0 aliphatic heterocycles. The Labute approximate surface area is 88.0 Å². The summed E-state index contributed by atoms with van der Waals surface area (Å²) in [6, 6.07) is 0.562. The molecule has 1 N–H and O–H groups in total. The average Bonchev–Trinajstić information content (AvgIpc) is 2.22. The van der Waals surface area contributed by atoms with Gasteiger partial charge in [-0.25, -0.2) is 0 Å². The van der Waals surface area contributed by atoms with E-state index in [4.69, 9.17) is 4.74 Å². The Bertz CT molecular complexity index is 109. The second-order valence-electron chi connectivity index (χ2n) is 3.24. The first-order chi connectivity index (χ1) is 6.38. The minimum absolute atomic E-state index is 0.562. The number of thiol groups is 1. The Morgan fingerprint density at radius 3 is 2.46 bits per heavy atom. The third-order valence-electron chi connectivity index (χ3n) is 2.46. The largest absolute Gasteiger partial charge is 0.384 e. The summed E-state index contributed by atoms with van der Waals surface area (Å²) in [5, 5.41) is 0. The van der Waals surface area contributed by atoms with Gasteiger partial charge in [0.1, 0.15) is 0 Å². The van der Waals surface area contributed by atoms with Gasteiger partial charge >= 0.3 is 0 Å². The number of nitrogens with one attached hydrogen (secondary N) is 1. The van der Waals surface area contributed by atoms with Gasteiger partial charge in [0.05, 0.1) is 6.61 Å². The highest BCUT2D eigenvalue weighted by molar-refractivity contribution is 7.78. The highest BCUT2D eigenvalue weighted by Crippen LogP contribution is 2.24. The van der Waals surface area contributed by atoms with E-state index in [9.17, 15) is 0 Å². The molecule has 1 aliphatic rings. The zero-order valence-electron chi connectivity index (χ0n) is 9.05. The maximum Gasteiger partial charge on any atom is 0.0505 e. The van der Waals surface area contributed by atoms with Gasteiger partial charge in [0, 0.05) is 13.2 Å². The van der Waals surface area contributed by atoms with Crippen LogP contribution in [0.3, 0.4) is 0 Å². The number of hydrogen-bond donors (Lipinski definition) is 2. The zero-order chi connectivity index (χ0) is 10.1. The fourth-order valence-corrected chi connectivity index (χ4v) is 2.13. The minimum Gasteiger partial charge on any atom is -0.384 e. The fraction of sp³-hybridized carbons (Fsp3) is 1.00. The molecule has 1 saturated carbocycles. The molecule has 1 fully saturated rings. The smallest absolute Gasteiger partial charge is 0.0505 e. The van der Waals surface area contributed by atoms with Crippen molar-refractivity contribution in [2.45, 2.75) is 45.6 Å². The standard InChI is InChI=1S/C8H17NOS.C2H6/c1-10-6-7-4-2-3-5-8(7)9-11;1-2/h7-9,11H,2-6H2,1H3;1-2H3. The van der Waals surface area contributed by atoms with Gasteiger partial charge < -0.3 is 4.74 Å². The lowest BCUT2D eigenvalue weighted by atomic mass is 9.86. The summed E-state index contributed by atoms with van der Waals surface area (Å²) in [6.45, 7) is 4.87. The Balaban J connectivity index is 0.000000671. The molecule has 0 radical (unpaired) electrons. The molecule has 1 aliphatic carbocycles. The van der Waals surface area contributed by atoms with Crippen LogP contribution in [-0.2, 0) is 4.74 Å². The quantitative estimate of drug-likeness (QED) is 0.691. The predicted molar refractivity (Wildman–Crippen MR) is 61.1 cm³/mol. The van der Waals surface area contributed by atoms with E-state index in [-0.39, 0.29) is 0 Å². The summed E-state index contributed by atoms with van der Waals surface area (Å²) in [5.74, 6) is 0.672. The van der Waals surface area contributed by atoms with Gasteiger partial charge in [-0.1, -0.05) is 39.5 Å². The van der Waals surface area contributed by atoms with E-state index in [0.717, 1.165) is 6.61 Å². The molecule has 13 heavy (non-hydrogen) atoms. The van der Waals surface area contributed by atoms with Crippen molar-refractivity contribution in [2.24, 2.45) is 5.92 Å². The van der Waals surface area contributed by atoms with E-state index in [2.05, 4.69) is 17.5 Å². The Hall–Kier alpha value is 0.270. The van der Waals surface area contributed by atoms with Crippen LogP contribution in [0.4, 0.5) is 0 Å². The summed E-state index contributed by atoms with van der Waals surface area (Å²) >= 11 is 4.11. The summed E-state index contributed by atoms with van der Waals surface area (Å²) in [5.41, 5.74) is 0. The van der Waals surface area contributed by atoms with Crippen LogP contribution in [0.1, 0.15) is 39.5 Å². The van der Waals surface area contributed by atoms with E-state index >= 15 is 0 Å². The van der Waals surface area contributed by atoms with E-state index in [1.165, 1.54) is 25.7 Å². The predicted octanol–water partition coefficient (Wildman–Crippen LogP) is 2.65. The van der Waals surface area contributed by atoms with Crippen molar-refractivity contribution in [1.29, 1.82) is 0 Å². The van der Waals surface area contributed by atoms with Gasteiger partial charge in [-0.15, -0.1) is 0 Å². The van der Waals surface area contributed by atoms with Gasteiger partial charge in [0.15, 0.2) is 0 Å². The SMILES string of the molecule is CC.COCC1CCCCC1NS. The van der Waals surface area contributed by atoms with E-state index in [1.54, 1.807) is 7.11 Å². The van der Waals surface area contributed by atoms with Crippen molar-refractivity contribution in [2.75, 3.05) is 13.7 Å². The van der Waals surface area contributed by atoms with Crippen LogP contribution in [0.5, 0.6) is 0 Å². The van der Waals surface area contributed by atoms with E-state index < -0.39 is 0 Å². The first-order valence-electron chi connectivity index (χ1n) is 5.27. The molecule has 2 unspecified atom stereocenters. The molecule has 0 aromatic carbocycles. The van der Waals surface area contributed by atoms with Crippen LogP contribution in [0.2, 0.25) is 0 Å². The van der Waals surface area contributed by atoms with Crippen LogP contribution in [0.25, 0.3) is 0 Å². The Morgan fingerprint density at radius 1 is 1.31 bits per heavy atom. The summed E-state index contributed by atoms with van der Waals surface area (Å²) < 4.78 is 8.19. The summed E-state index contributed by atoms with van der Waals surface area (Å²) in [4.78, 5) is 0. The Morgan fingerprint density at radius 2 is 1.92 bits per heavy atom. The molecule has 80 valence electrons. The van der Waals surface area contributed by atoms with Crippen LogP contribution in [0, 0.1) is 5.92 Å². The van der Waals surface area contributed by atoms with Crippen LogP contribution >= 0.6 is 12.8 Å². The molecule has 3 heteroatoms. The normalized spacial score (nSPS) is 27.7. The lowest BCUT2D eigenvalue weighted by Crippen LogP contribution is -2.35. The van der Waals surface area contributed by atoms with Gasteiger partial charge in [0.25, 0.3) is 0 Å². The molecule has 0 heterocycles. The van der Waals surface area contributed by atoms with Crippen molar-refractivity contribution < 1.29 is 4.74 Å². The number of hydrogen-bond acceptors (Lipinski definition) is 3.